The van der Waals surface area contributed by atoms with Gasteiger partial charge in [-0.25, -0.2) is 0 Å². The predicted molar refractivity (Wildman–Crippen MR) is 344 cm³/mol. The maximum absolute atomic E-state index is 12.5. The van der Waals surface area contributed by atoms with E-state index in [9.17, 15) is 19.2 Å². The normalized spacial score (nSPS) is 14.5. The van der Waals surface area contributed by atoms with E-state index < -0.39 is 0 Å². The van der Waals surface area contributed by atoms with Crippen LogP contribution >= 0.6 is 46.4 Å². The Kier molecular flexibility index (Phi) is 25.4. The molecule has 0 amide bonds. The summed E-state index contributed by atoms with van der Waals surface area (Å²) >= 11 is 23.5. The van der Waals surface area contributed by atoms with Crippen LogP contribution in [0.1, 0.15) is 63.8 Å². The lowest BCUT2D eigenvalue weighted by atomic mass is 9.96. The van der Waals surface area contributed by atoms with Gasteiger partial charge < -0.3 is 19.3 Å². The first-order chi connectivity index (χ1) is 40.8. The fourth-order valence-corrected chi connectivity index (χ4v) is 8.49. The molecule has 424 valence electrons. The SMILES string of the molecule is C=CCC(=O)/C(=C/c1ccc(Cl)cc1)c1ccccc1.O=C(/C=C/CO)/C(=C/c1ccc(Cl)cc1)c1ccccc1.O=C(CC1CO1)/C(=C/c1ccc(Cl)cc1)c1ccccc1.O=C(C[C@H]1CO1)O/C(=C/c1ccc(Cl)cc1)c1ccccc1. The predicted octanol–water partition coefficient (Wildman–Crippen LogP) is 17.4. The number of ketones is 3. The molecule has 0 radical (unpaired) electrons. The van der Waals surface area contributed by atoms with Gasteiger partial charge in [-0.3, -0.25) is 19.2 Å². The Hall–Kier alpha value is -8.28. The van der Waals surface area contributed by atoms with Gasteiger partial charge in [0.25, 0.3) is 0 Å². The minimum atomic E-state index is -0.286. The van der Waals surface area contributed by atoms with Gasteiger partial charge in [0.05, 0.1) is 38.4 Å². The van der Waals surface area contributed by atoms with E-state index in [1.807, 2.05) is 218 Å². The monoisotopic (exact) mass is 1190 g/mol. The molecular weight excluding hydrogens is 1130 g/mol. The number of Topliss-reactive ketones (excluding diaryl/α,β-unsaturated/α-hetero) is 2. The molecule has 0 spiro atoms. The standard InChI is InChI=1S/C18H15ClO3.2C18H15ClO2.C18H15ClO/c19-15-8-6-13(7-9-15)10-17(14-4-2-1-3-5-14)22-18(20)11-16-12-21-16;19-15-8-6-13(7-9-15)10-17(14-4-2-1-3-5-14)18(20)11-16-12-21-16;19-16-10-8-14(9-11-16)13-17(18(21)7-4-12-20)15-5-2-1-3-6-15;1-2-6-18(20)17(15-7-4-3-5-8-15)13-14-9-11-16(19)12-10-14/h1-10,16H,11-12H2;1-10,16H,11-12H2;1-11,13,20H,12H2;2-5,7-13H,1,6H2/b2*17-10+;7-4+,17-13+;17-13+/t16-;;;/m0.../s1. The Morgan fingerprint density at radius 2 is 0.786 bits per heavy atom. The van der Waals surface area contributed by atoms with Crippen LogP contribution in [0.4, 0.5) is 0 Å². The number of hydrogen-bond acceptors (Lipinski definition) is 8. The highest BCUT2D eigenvalue weighted by Crippen LogP contribution is 2.28. The van der Waals surface area contributed by atoms with Crippen molar-refractivity contribution >= 4 is 117 Å². The number of rotatable bonds is 20. The van der Waals surface area contributed by atoms with Crippen molar-refractivity contribution in [2.45, 2.75) is 31.5 Å². The summed E-state index contributed by atoms with van der Waals surface area (Å²) in [7, 11) is 0. The minimum absolute atomic E-state index is 0.0139. The van der Waals surface area contributed by atoms with Crippen LogP contribution in [0.3, 0.4) is 0 Å². The highest BCUT2D eigenvalue weighted by molar-refractivity contribution is 6.32. The molecular formula is C72H60Cl4O8. The van der Waals surface area contributed by atoms with Gasteiger partial charge in [-0.1, -0.05) is 228 Å². The zero-order valence-corrected chi connectivity index (χ0v) is 48.8. The molecule has 2 aliphatic heterocycles. The lowest BCUT2D eigenvalue weighted by molar-refractivity contribution is -0.137. The van der Waals surface area contributed by atoms with E-state index >= 15 is 0 Å². The van der Waals surface area contributed by atoms with Crippen molar-refractivity contribution < 1.29 is 38.5 Å². The second-order valence-electron chi connectivity index (χ2n) is 18.9. The Labute approximate surface area is 510 Å². The molecule has 2 aliphatic rings. The van der Waals surface area contributed by atoms with Crippen LogP contribution in [0.5, 0.6) is 0 Å². The second-order valence-corrected chi connectivity index (χ2v) is 20.7. The quantitative estimate of drug-likeness (QED) is 0.0200. The Bertz CT molecular complexity index is 3570. The number of esters is 1. The summed E-state index contributed by atoms with van der Waals surface area (Å²) < 4.78 is 15.8. The van der Waals surface area contributed by atoms with Gasteiger partial charge in [0.2, 0.25) is 0 Å². The molecule has 0 bridgehead atoms. The van der Waals surface area contributed by atoms with Crippen LogP contribution in [-0.2, 0) is 33.4 Å². The van der Waals surface area contributed by atoms with Crippen LogP contribution in [-0.4, -0.2) is 60.5 Å². The molecule has 2 fully saturated rings. The topological polar surface area (TPSA) is 123 Å². The molecule has 84 heavy (non-hydrogen) atoms. The molecule has 8 aromatic rings. The van der Waals surface area contributed by atoms with Gasteiger partial charge >= 0.3 is 5.97 Å². The van der Waals surface area contributed by atoms with E-state index in [1.165, 1.54) is 12.2 Å². The average Bonchev–Trinajstić information content (AvgIpc) is 4.56. The van der Waals surface area contributed by atoms with Gasteiger partial charge in [0.1, 0.15) is 5.76 Å². The third-order valence-electron chi connectivity index (χ3n) is 12.4. The summed E-state index contributed by atoms with van der Waals surface area (Å²) in [5, 5.41) is 11.5. The number of epoxide rings is 2. The van der Waals surface area contributed by atoms with Crippen LogP contribution in [0.15, 0.2) is 243 Å². The number of halogens is 4. The fourth-order valence-electron chi connectivity index (χ4n) is 7.99. The molecule has 0 aliphatic carbocycles. The lowest BCUT2D eigenvalue weighted by Crippen LogP contribution is -2.07. The van der Waals surface area contributed by atoms with Crippen molar-refractivity contribution in [3.8, 4) is 0 Å². The number of aliphatic hydroxyl groups excluding tert-OH is 1. The van der Waals surface area contributed by atoms with Crippen molar-refractivity contribution in [2.75, 3.05) is 19.8 Å². The van der Waals surface area contributed by atoms with Crippen molar-refractivity contribution in [2.24, 2.45) is 0 Å². The third-order valence-corrected chi connectivity index (χ3v) is 13.4. The summed E-state index contributed by atoms with van der Waals surface area (Å²) in [6.07, 6.45) is 13.0. The lowest BCUT2D eigenvalue weighted by Gasteiger charge is -2.09. The molecule has 10 rings (SSSR count). The maximum Gasteiger partial charge on any atom is 0.313 e. The first-order valence-electron chi connectivity index (χ1n) is 26.9. The van der Waals surface area contributed by atoms with Gasteiger partial charge in [0.15, 0.2) is 17.3 Å². The van der Waals surface area contributed by atoms with Crippen LogP contribution in [0.25, 0.3) is 46.8 Å². The largest absolute Gasteiger partial charge is 0.426 e. The maximum atomic E-state index is 12.5. The average molecular weight is 1200 g/mol. The number of carbonyl (C=O) groups excluding carboxylic acids is 4. The number of allylic oxidation sites excluding steroid dienone is 5. The molecule has 1 N–H and O–H groups in total. The van der Waals surface area contributed by atoms with Gasteiger partial charge in [-0.15, -0.1) is 6.58 Å². The summed E-state index contributed by atoms with van der Waals surface area (Å²) in [5.41, 5.74) is 9.22. The van der Waals surface area contributed by atoms with E-state index in [0.717, 1.165) is 44.5 Å². The first kappa shape index (κ1) is 63.3. The third kappa shape index (κ3) is 22.1. The van der Waals surface area contributed by atoms with Gasteiger partial charge in [0, 0.05) is 55.2 Å². The van der Waals surface area contributed by atoms with Gasteiger partial charge in [-0.2, -0.15) is 0 Å². The van der Waals surface area contributed by atoms with E-state index in [0.29, 0.717) is 68.6 Å². The van der Waals surface area contributed by atoms with Gasteiger partial charge in [-0.05, 0) is 118 Å². The summed E-state index contributed by atoms with van der Waals surface area (Å²) in [6, 6.07) is 67.9. The zero-order chi connectivity index (χ0) is 59.5. The minimum Gasteiger partial charge on any atom is -0.426 e. The van der Waals surface area contributed by atoms with Crippen LogP contribution in [0.2, 0.25) is 20.1 Å². The Morgan fingerprint density at radius 3 is 1.15 bits per heavy atom. The van der Waals surface area contributed by atoms with Crippen LogP contribution < -0.4 is 0 Å². The highest BCUT2D eigenvalue weighted by Gasteiger charge is 2.28. The zero-order valence-electron chi connectivity index (χ0n) is 45.7. The number of aliphatic hydroxyl groups is 1. The molecule has 1 unspecified atom stereocenters. The summed E-state index contributed by atoms with van der Waals surface area (Å²) in [5.74, 6) is 0.255. The van der Waals surface area contributed by atoms with Crippen molar-refractivity contribution in [3.63, 3.8) is 0 Å². The summed E-state index contributed by atoms with van der Waals surface area (Å²) in [4.78, 5) is 49.0. The van der Waals surface area contributed by atoms with E-state index in [4.69, 9.17) is 65.7 Å². The molecule has 0 aromatic heterocycles. The molecule has 8 aromatic carbocycles. The summed E-state index contributed by atoms with van der Waals surface area (Å²) in [6.45, 7) is 4.80. The Balaban J connectivity index is 0.000000161. The highest BCUT2D eigenvalue weighted by atomic mass is 35.5. The number of hydrogen-bond donors (Lipinski definition) is 1. The number of benzene rings is 8. The van der Waals surface area contributed by atoms with E-state index in [1.54, 1.807) is 30.3 Å². The fraction of sp³-hybridized carbons (Fsp3) is 0.111. The first-order valence-corrected chi connectivity index (χ1v) is 28.4. The number of carbonyl (C=O) groups is 4. The molecule has 8 nitrogen and oxygen atoms in total. The second kappa shape index (κ2) is 33.7. The van der Waals surface area contributed by atoms with Crippen LogP contribution in [0, 0.1) is 0 Å². The molecule has 2 heterocycles. The van der Waals surface area contributed by atoms with E-state index in [-0.39, 0.29) is 48.6 Å². The van der Waals surface area contributed by atoms with E-state index in [2.05, 4.69) is 6.58 Å². The van der Waals surface area contributed by atoms with Crippen molar-refractivity contribution in [1.29, 1.82) is 0 Å². The molecule has 2 atom stereocenters. The Morgan fingerprint density at radius 1 is 0.452 bits per heavy atom. The molecule has 12 heteroatoms. The molecule has 2 saturated heterocycles. The van der Waals surface area contributed by atoms with Crippen molar-refractivity contribution in [3.05, 3.63) is 308 Å². The molecule has 0 saturated carbocycles. The smallest absolute Gasteiger partial charge is 0.313 e. The number of ether oxygens (including phenoxy) is 3. The van der Waals surface area contributed by atoms with Crippen molar-refractivity contribution in [1.82, 2.24) is 0 Å².